The Morgan fingerprint density at radius 3 is 2.20 bits per heavy atom. The maximum Gasteiger partial charge on any atom is 0.124 e. The van der Waals surface area contributed by atoms with Crippen LogP contribution in [0, 0.1) is 29.3 Å². The molecule has 70 valence electrons. The lowest BCUT2D eigenvalue weighted by molar-refractivity contribution is 0.627. The quantitative estimate of drug-likeness (QED) is 0.686. The minimum Gasteiger partial charge on any atom is -0.207 e. The van der Waals surface area contributed by atoms with Gasteiger partial charge in [0.15, 0.2) is 0 Å². The standard InChI is InChI=1S/C13H6FN/c14-13-7-5-12(6-8-13)11-3-1-10(9-15)2-4-11/h1-4,7-8H. The van der Waals surface area contributed by atoms with E-state index in [9.17, 15) is 4.39 Å². The molecule has 0 N–H and O–H groups in total. The van der Waals surface area contributed by atoms with Gasteiger partial charge in [0.2, 0.25) is 0 Å². The lowest BCUT2D eigenvalue weighted by atomic mass is 10.0. The zero-order valence-electron chi connectivity index (χ0n) is 7.79. The van der Waals surface area contributed by atoms with E-state index in [0.29, 0.717) is 11.1 Å². The van der Waals surface area contributed by atoms with Crippen LogP contribution in [0.25, 0.3) is 11.1 Å². The molecule has 0 aliphatic rings. The van der Waals surface area contributed by atoms with Crippen LogP contribution >= 0.6 is 0 Å². The molecule has 0 aromatic heterocycles. The van der Waals surface area contributed by atoms with Gasteiger partial charge in [-0.25, -0.2) is 4.39 Å². The van der Waals surface area contributed by atoms with Crippen molar-refractivity contribution < 1.29 is 4.39 Å². The van der Waals surface area contributed by atoms with Gasteiger partial charge >= 0.3 is 0 Å². The van der Waals surface area contributed by atoms with Gasteiger partial charge in [-0.2, -0.15) is 5.26 Å². The molecule has 0 heterocycles. The second-order valence-electron chi connectivity index (χ2n) is 3.03. The number of nitriles is 1. The predicted molar refractivity (Wildman–Crippen MR) is 54.2 cm³/mol. The molecule has 0 aliphatic heterocycles. The fourth-order valence-electron chi connectivity index (χ4n) is 1.24. The highest BCUT2D eigenvalue weighted by molar-refractivity contribution is 5.62. The summed E-state index contributed by atoms with van der Waals surface area (Å²) in [5, 5.41) is 8.62. The predicted octanol–water partition coefficient (Wildman–Crippen LogP) is 2.96. The molecule has 2 radical (unpaired) electrons. The molecule has 0 saturated heterocycles. The summed E-state index contributed by atoms with van der Waals surface area (Å²) in [5.41, 5.74) is 2.16. The Balaban J connectivity index is 2.38. The van der Waals surface area contributed by atoms with Gasteiger partial charge in [0.05, 0.1) is 11.6 Å². The summed E-state index contributed by atoms with van der Waals surface area (Å²) >= 11 is 0. The Bertz CT molecular complexity index is 492. The molecule has 0 bridgehead atoms. The van der Waals surface area contributed by atoms with Crippen LogP contribution < -0.4 is 0 Å². The van der Waals surface area contributed by atoms with E-state index < -0.39 is 0 Å². The van der Waals surface area contributed by atoms with Gasteiger partial charge in [-0.15, -0.1) is 0 Å². The third kappa shape index (κ3) is 2.03. The van der Waals surface area contributed by atoms with Crippen LogP contribution in [0.15, 0.2) is 36.4 Å². The Morgan fingerprint density at radius 1 is 1.07 bits per heavy atom. The van der Waals surface area contributed by atoms with E-state index in [-0.39, 0.29) is 5.82 Å². The first-order chi connectivity index (χ1) is 7.29. The summed E-state index contributed by atoms with van der Waals surface area (Å²) in [5.74, 6) is -0.354. The molecule has 1 nitrogen and oxygen atoms in total. The summed E-state index contributed by atoms with van der Waals surface area (Å²) in [6.07, 6.45) is 0. The average molecular weight is 195 g/mol. The Labute approximate surface area is 87.4 Å². The highest BCUT2D eigenvalue weighted by atomic mass is 19.1. The maximum absolute atomic E-state index is 12.6. The molecule has 0 atom stereocenters. The SMILES string of the molecule is N#Cc1ccc(-c2[c]cc(F)c[c]2)cc1. The van der Waals surface area contributed by atoms with E-state index in [4.69, 9.17) is 5.26 Å². The Morgan fingerprint density at radius 2 is 1.67 bits per heavy atom. The van der Waals surface area contributed by atoms with Crippen LogP contribution in [0.4, 0.5) is 4.39 Å². The van der Waals surface area contributed by atoms with E-state index in [0.717, 1.165) is 5.56 Å². The monoisotopic (exact) mass is 195 g/mol. The highest BCUT2D eigenvalue weighted by Crippen LogP contribution is 2.18. The Hall–Kier alpha value is -2.14. The van der Waals surface area contributed by atoms with Crippen LogP contribution in [0.2, 0.25) is 0 Å². The summed E-state index contributed by atoms with van der Waals surface area (Å²) < 4.78 is 12.6. The zero-order chi connectivity index (χ0) is 10.7. The summed E-state index contributed by atoms with van der Waals surface area (Å²) in [6, 6.07) is 17.1. The Kier molecular flexibility index (Phi) is 2.47. The molecule has 2 aromatic carbocycles. The number of nitrogens with zero attached hydrogens (tertiary/aromatic N) is 1. The fraction of sp³-hybridized carbons (Fsp3) is 0. The minimum absolute atomic E-state index is 0.354. The summed E-state index contributed by atoms with van der Waals surface area (Å²) in [6.45, 7) is 0. The van der Waals surface area contributed by atoms with Crippen molar-refractivity contribution >= 4 is 0 Å². The molecule has 0 aliphatic carbocycles. The van der Waals surface area contributed by atoms with Crippen LogP contribution in [-0.2, 0) is 0 Å². The lowest BCUT2D eigenvalue weighted by Crippen LogP contribution is -1.80. The van der Waals surface area contributed by atoms with Crippen molar-refractivity contribution in [1.29, 1.82) is 5.26 Å². The van der Waals surface area contributed by atoms with Crippen LogP contribution in [0.5, 0.6) is 0 Å². The zero-order valence-corrected chi connectivity index (χ0v) is 7.79. The van der Waals surface area contributed by atoms with Crippen molar-refractivity contribution in [2.75, 3.05) is 0 Å². The first-order valence-electron chi connectivity index (χ1n) is 4.39. The molecule has 0 saturated carbocycles. The molecule has 2 rings (SSSR count). The largest absolute Gasteiger partial charge is 0.207 e. The van der Waals surface area contributed by atoms with Gasteiger partial charge in [-0.1, -0.05) is 12.1 Å². The molecule has 15 heavy (non-hydrogen) atoms. The number of rotatable bonds is 1. The third-order valence-electron chi connectivity index (χ3n) is 2.01. The molecule has 0 spiro atoms. The number of hydrogen-bond acceptors (Lipinski definition) is 1. The molecule has 0 unspecified atom stereocenters. The van der Waals surface area contributed by atoms with Gasteiger partial charge in [0, 0.05) is 0 Å². The van der Waals surface area contributed by atoms with E-state index in [1.165, 1.54) is 12.1 Å². The lowest BCUT2D eigenvalue weighted by Gasteiger charge is -1.99. The minimum atomic E-state index is -0.354. The van der Waals surface area contributed by atoms with Crippen LogP contribution in [0.1, 0.15) is 5.56 Å². The van der Waals surface area contributed by atoms with Crippen LogP contribution in [0.3, 0.4) is 0 Å². The molecular weight excluding hydrogens is 189 g/mol. The van der Waals surface area contributed by atoms with Gasteiger partial charge in [0.1, 0.15) is 5.82 Å². The van der Waals surface area contributed by atoms with Crippen molar-refractivity contribution in [2.45, 2.75) is 0 Å². The fourth-order valence-corrected chi connectivity index (χ4v) is 1.24. The van der Waals surface area contributed by atoms with E-state index in [2.05, 4.69) is 12.1 Å². The van der Waals surface area contributed by atoms with E-state index >= 15 is 0 Å². The van der Waals surface area contributed by atoms with E-state index in [1.54, 1.807) is 24.3 Å². The van der Waals surface area contributed by atoms with E-state index in [1.807, 2.05) is 6.07 Å². The number of hydrogen-bond donors (Lipinski definition) is 0. The molecule has 0 fully saturated rings. The second-order valence-corrected chi connectivity index (χ2v) is 3.03. The van der Waals surface area contributed by atoms with Crippen molar-refractivity contribution in [2.24, 2.45) is 0 Å². The van der Waals surface area contributed by atoms with Gasteiger partial charge < -0.3 is 0 Å². The van der Waals surface area contributed by atoms with Gasteiger partial charge in [0.25, 0.3) is 0 Å². The normalized spacial score (nSPS) is 9.60. The van der Waals surface area contributed by atoms with Crippen molar-refractivity contribution in [1.82, 2.24) is 0 Å². The third-order valence-corrected chi connectivity index (χ3v) is 2.01. The summed E-state index contributed by atoms with van der Waals surface area (Å²) in [7, 11) is 0. The molecule has 0 amide bonds. The van der Waals surface area contributed by atoms with Gasteiger partial charge in [-0.3, -0.25) is 0 Å². The molecule has 2 heteroatoms. The van der Waals surface area contributed by atoms with Crippen molar-refractivity contribution in [3.05, 3.63) is 59.9 Å². The second kappa shape index (κ2) is 3.93. The van der Waals surface area contributed by atoms with Crippen LogP contribution in [-0.4, -0.2) is 0 Å². The average Bonchev–Trinajstić information content (AvgIpc) is 2.30. The molecule has 2 aromatic rings. The number of benzene rings is 2. The summed E-state index contributed by atoms with van der Waals surface area (Å²) in [4.78, 5) is 0. The topological polar surface area (TPSA) is 23.8 Å². The molecular formula is C13H6FN. The maximum atomic E-state index is 12.6. The first-order valence-corrected chi connectivity index (χ1v) is 4.39. The van der Waals surface area contributed by atoms with Gasteiger partial charge in [-0.05, 0) is 47.5 Å². The number of halogens is 1. The highest BCUT2D eigenvalue weighted by Gasteiger charge is 1.98. The smallest absolute Gasteiger partial charge is 0.124 e. The van der Waals surface area contributed by atoms with Crippen molar-refractivity contribution in [3.63, 3.8) is 0 Å². The first kappa shape index (κ1) is 9.42. The van der Waals surface area contributed by atoms with Crippen molar-refractivity contribution in [3.8, 4) is 17.2 Å².